The molecule has 0 aliphatic heterocycles. The molecule has 1 aromatic rings. The van der Waals surface area contributed by atoms with Crippen LogP contribution in [-0.4, -0.2) is 4.75 Å². The van der Waals surface area contributed by atoms with E-state index in [1.54, 1.807) is 12.1 Å². The van der Waals surface area contributed by atoms with E-state index in [1.807, 2.05) is 23.9 Å². The highest BCUT2D eigenvalue weighted by Gasteiger charge is 2.25. The van der Waals surface area contributed by atoms with Crippen LogP contribution in [0.15, 0.2) is 29.2 Å². The smallest absolute Gasteiger partial charge is 0.178 e. The van der Waals surface area contributed by atoms with Crippen LogP contribution in [0.1, 0.15) is 58.8 Å². The van der Waals surface area contributed by atoms with E-state index in [-0.39, 0.29) is 10.5 Å². The van der Waals surface area contributed by atoms with Crippen molar-refractivity contribution in [3.8, 4) is 5.75 Å². The fraction of sp³-hybridized carbons (Fsp3) is 0.647. The number of hydrogen-bond donors (Lipinski definition) is 0. The lowest BCUT2D eigenvalue weighted by Gasteiger charge is -2.29. The predicted octanol–water partition coefficient (Wildman–Crippen LogP) is 6.06. The maximum Gasteiger partial charge on any atom is 0.178 e. The van der Waals surface area contributed by atoms with Gasteiger partial charge in [0.2, 0.25) is 0 Å². The maximum absolute atomic E-state index is 11.1. The largest absolute Gasteiger partial charge is 0.290 e. The quantitative estimate of drug-likeness (QED) is 0.483. The second-order valence-corrected chi connectivity index (χ2v) is 8.18. The second-order valence-electron chi connectivity index (χ2n) is 6.39. The van der Waals surface area contributed by atoms with E-state index in [4.69, 9.17) is 0 Å². The number of hydrogen-bond acceptors (Lipinski definition) is 1. The van der Waals surface area contributed by atoms with Gasteiger partial charge in [0.1, 0.15) is 0 Å². The SMILES string of the molecule is CC(C)(CC1CCCCCC1)Sc1ccc([O])cc1. The third-order valence-electron chi connectivity index (χ3n) is 3.97. The number of benzene rings is 1. The molecule has 0 unspecified atom stereocenters. The van der Waals surface area contributed by atoms with Crippen LogP contribution in [0, 0.1) is 5.92 Å². The molecule has 0 heterocycles. The molecule has 1 nitrogen and oxygen atoms in total. The summed E-state index contributed by atoms with van der Waals surface area (Å²) >= 11 is 1.92. The summed E-state index contributed by atoms with van der Waals surface area (Å²) < 4.78 is 0.263. The number of thioether (sulfide) groups is 1. The molecule has 1 aromatic carbocycles. The van der Waals surface area contributed by atoms with Crippen LogP contribution >= 0.6 is 11.8 Å². The molecule has 0 amide bonds. The molecule has 1 aliphatic carbocycles. The summed E-state index contributed by atoms with van der Waals surface area (Å²) in [4.78, 5) is 1.22. The Hall–Kier alpha value is -0.630. The van der Waals surface area contributed by atoms with Crippen molar-refractivity contribution in [1.29, 1.82) is 0 Å². The van der Waals surface area contributed by atoms with Gasteiger partial charge >= 0.3 is 0 Å². The molecule has 2 rings (SSSR count). The van der Waals surface area contributed by atoms with Crippen LogP contribution in [-0.2, 0) is 5.11 Å². The fourth-order valence-electron chi connectivity index (χ4n) is 3.13. The van der Waals surface area contributed by atoms with Gasteiger partial charge in [-0.15, -0.1) is 11.8 Å². The molecule has 1 aliphatic rings. The van der Waals surface area contributed by atoms with Crippen molar-refractivity contribution < 1.29 is 5.11 Å². The highest BCUT2D eigenvalue weighted by molar-refractivity contribution is 8.00. The Morgan fingerprint density at radius 3 is 2.21 bits per heavy atom. The monoisotopic (exact) mass is 277 g/mol. The summed E-state index contributed by atoms with van der Waals surface area (Å²) in [5.74, 6) is 0.995. The Kier molecular flexibility index (Phi) is 5.20. The van der Waals surface area contributed by atoms with Gasteiger partial charge in [-0.25, -0.2) is 0 Å². The summed E-state index contributed by atoms with van der Waals surface area (Å²) in [7, 11) is 0. The number of rotatable bonds is 4. The molecular formula is C17H25OS. The highest BCUT2D eigenvalue weighted by Crippen LogP contribution is 2.40. The van der Waals surface area contributed by atoms with Gasteiger partial charge in [-0.2, -0.15) is 0 Å². The van der Waals surface area contributed by atoms with E-state index in [1.165, 1.54) is 49.8 Å². The third kappa shape index (κ3) is 5.10. The van der Waals surface area contributed by atoms with E-state index in [9.17, 15) is 5.11 Å². The van der Waals surface area contributed by atoms with Crippen LogP contribution in [0.2, 0.25) is 0 Å². The lowest BCUT2D eigenvalue weighted by molar-refractivity contribution is 0.354. The van der Waals surface area contributed by atoms with Crippen molar-refractivity contribution >= 4 is 11.8 Å². The van der Waals surface area contributed by atoms with Crippen molar-refractivity contribution in [2.45, 2.75) is 68.4 Å². The standard InChI is InChI=1S/C17H25OS/c1-17(2,13-14-7-5-3-4-6-8-14)19-16-11-9-15(18)10-12-16/h9-12,14H,3-8,13H2,1-2H3. The summed E-state index contributed by atoms with van der Waals surface area (Å²) in [6, 6.07) is 7.26. The van der Waals surface area contributed by atoms with Crippen molar-refractivity contribution in [3.05, 3.63) is 24.3 Å². The van der Waals surface area contributed by atoms with Crippen LogP contribution in [0.25, 0.3) is 0 Å². The zero-order valence-electron chi connectivity index (χ0n) is 12.2. The Morgan fingerprint density at radius 1 is 1.05 bits per heavy atom. The molecule has 0 aromatic heterocycles. The van der Waals surface area contributed by atoms with Gasteiger partial charge in [-0.1, -0.05) is 52.4 Å². The van der Waals surface area contributed by atoms with E-state index in [2.05, 4.69) is 13.8 Å². The Balaban J connectivity index is 1.91. The van der Waals surface area contributed by atoms with Gasteiger partial charge in [0.15, 0.2) is 5.75 Å². The zero-order chi connectivity index (χ0) is 13.7. The summed E-state index contributed by atoms with van der Waals surface area (Å²) in [5, 5.41) is 11.1. The lowest BCUT2D eigenvalue weighted by atomic mass is 9.90. The molecule has 1 saturated carbocycles. The Morgan fingerprint density at radius 2 is 1.63 bits per heavy atom. The average molecular weight is 277 g/mol. The van der Waals surface area contributed by atoms with Gasteiger partial charge < -0.3 is 0 Å². The van der Waals surface area contributed by atoms with E-state index in [0.717, 1.165) is 5.92 Å². The second kappa shape index (κ2) is 6.69. The minimum Gasteiger partial charge on any atom is -0.290 e. The van der Waals surface area contributed by atoms with Gasteiger partial charge in [0.05, 0.1) is 0 Å². The summed E-state index contributed by atoms with van der Waals surface area (Å²) in [6.45, 7) is 4.68. The first kappa shape index (κ1) is 14.8. The molecule has 0 saturated heterocycles. The molecule has 0 spiro atoms. The fourth-order valence-corrected chi connectivity index (χ4v) is 4.36. The van der Waals surface area contributed by atoms with Crippen LogP contribution in [0.4, 0.5) is 0 Å². The molecule has 105 valence electrons. The van der Waals surface area contributed by atoms with Gasteiger partial charge in [-0.3, -0.25) is 5.11 Å². The van der Waals surface area contributed by atoms with E-state index < -0.39 is 0 Å². The van der Waals surface area contributed by atoms with Crippen molar-refractivity contribution in [1.82, 2.24) is 0 Å². The van der Waals surface area contributed by atoms with E-state index in [0.29, 0.717) is 0 Å². The molecule has 1 radical (unpaired) electrons. The van der Waals surface area contributed by atoms with E-state index >= 15 is 0 Å². The normalized spacial score (nSPS) is 18.2. The zero-order valence-corrected chi connectivity index (χ0v) is 13.0. The minimum atomic E-state index is 0.103. The molecule has 1 fully saturated rings. The molecule has 19 heavy (non-hydrogen) atoms. The first-order chi connectivity index (χ1) is 9.05. The topological polar surface area (TPSA) is 19.9 Å². The molecule has 0 bridgehead atoms. The highest BCUT2D eigenvalue weighted by atomic mass is 32.2. The van der Waals surface area contributed by atoms with Crippen molar-refractivity contribution in [2.75, 3.05) is 0 Å². The third-order valence-corrected chi connectivity index (χ3v) is 5.20. The first-order valence-corrected chi connectivity index (χ1v) is 8.33. The van der Waals surface area contributed by atoms with Crippen LogP contribution in [0.5, 0.6) is 5.75 Å². The van der Waals surface area contributed by atoms with Crippen molar-refractivity contribution in [2.24, 2.45) is 5.92 Å². The Labute approximate surface area is 121 Å². The van der Waals surface area contributed by atoms with Gasteiger partial charge in [0.25, 0.3) is 0 Å². The molecule has 0 N–H and O–H groups in total. The molecule has 0 atom stereocenters. The lowest BCUT2D eigenvalue weighted by Crippen LogP contribution is -2.19. The van der Waals surface area contributed by atoms with Gasteiger partial charge in [0, 0.05) is 9.64 Å². The maximum atomic E-state index is 11.1. The van der Waals surface area contributed by atoms with Crippen LogP contribution < -0.4 is 0 Å². The summed E-state index contributed by atoms with van der Waals surface area (Å²) in [5.41, 5.74) is 0. The molecule has 2 heteroatoms. The predicted molar refractivity (Wildman–Crippen MR) is 82.3 cm³/mol. The van der Waals surface area contributed by atoms with Crippen LogP contribution in [0.3, 0.4) is 0 Å². The Bertz CT molecular complexity index is 375. The average Bonchev–Trinajstić information content (AvgIpc) is 2.60. The van der Waals surface area contributed by atoms with Crippen molar-refractivity contribution in [3.63, 3.8) is 0 Å². The minimum absolute atomic E-state index is 0.103. The summed E-state index contributed by atoms with van der Waals surface area (Å²) in [6.07, 6.45) is 9.78. The molecular weight excluding hydrogens is 252 g/mol. The first-order valence-electron chi connectivity index (χ1n) is 7.51. The van der Waals surface area contributed by atoms with Gasteiger partial charge in [-0.05, 0) is 36.6 Å².